The molecule has 0 fully saturated rings. The number of esters is 1. The molecular weight excluding hydrogens is 295 g/mol. The van der Waals surface area contributed by atoms with E-state index in [0.717, 1.165) is 0 Å². The summed E-state index contributed by atoms with van der Waals surface area (Å²) in [6.07, 6.45) is 0. The third-order valence-corrected chi connectivity index (χ3v) is 3.08. The predicted molar refractivity (Wildman–Crippen MR) is 74.2 cm³/mol. The van der Waals surface area contributed by atoms with E-state index in [1.165, 1.54) is 30.3 Å². The van der Waals surface area contributed by atoms with E-state index in [1.807, 2.05) is 6.07 Å². The summed E-state index contributed by atoms with van der Waals surface area (Å²) in [6.45, 7) is 1.60. The summed E-state index contributed by atoms with van der Waals surface area (Å²) in [7, 11) is 0. The van der Waals surface area contributed by atoms with E-state index >= 15 is 0 Å². The van der Waals surface area contributed by atoms with Crippen LogP contribution in [0.2, 0.25) is 5.15 Å². The van der Waals surface area contributed by atoms with Crippen LogP contribution in [0.1, 0.15) is 27.2 Å². The number of hydrogen-bond donors (Lipinski definition) is 0. The average molecular weight is 305 g/mol. The zero-order valence-electron chi connectivity index (χ0n) is 11.1. The number of pyridine rings is 1. The van der Waals surface area contributed by atoms with Crippen LogP contribution in [-0.2, 0) is 11.3 Å². The SMILES string of the molecule is Cc1nc(Cl)c(C#N)cc1C(=O)OCc1ccc(F)cc1. The number of aromatic nitrogens is 1. The number of aryl methyl sites for hydroxylation is 1. The molecule has 0 spiro atoms. The number of nitriles is 1. The van der Waals surface area contributed by atoms with Gasteiger partial charge in [-0.2, -0.15) is 5.26 Å². The Morgan fingerprint density at radius 1 is 1.43 bits per heavy atom. The Labute approximate surface area is 125 Å². The molecule has 0 saturated heterocycles. The van der Waals surface area contributed by atoms with Crippen molar-refractivity contribution in [2.45, 2.75) is 13.5 Å². The molecule has 0 radical (unpaired) electrons. The van der Waals surface area contributed by atoms with Crippen molar-refractivity contribution in [2.75, 3.05) is 0 Å². The van der Waals surface area contributed by atoms with Crippen molar-refractivity contribution in [2.24, 2.45) is 0 Å². The molecule has 0 atom stereocenters. The standard InChI is InChI=1S/C15H10ClFN2O2/c1-9-13(6-11(7-18)14(16)19-9)15(20)21-8-10-2-4-12(17)5-3-10/h2-6H,8H2,1H3. The van der Waals surface area contributed by atoms with E-state index in [2.05, 4.69) is 4.98 Å². The van der Waals surface area contributed by atoms with Gasteiger partial charge in [0, 0.05) is 0 Å². The quantitative estimate of drug-likeness (QED) is 0.644. The molecule has 0 aliphatic rings. The third-order valence-electron chi connectivity index (χ3n) is 2.79. The fraction of sp³-hybridized carbons (Fsp3) is 0.133. The Hall–Kier alpha value is -2.45. The van der Waals surface area contributed by atoms with Crippen LogP contribution in [0.5, 0.6) is 0 Å². The number of carbonyl (C=O) groups excluding carboxylic acids is 1. The molecule has 21 heavy (non-hydrogen) atoms. The lowest BCUT2D eigenvalue weighted by atomic mass is 10.1. The number of rotatable bonds is 3. The molecule has 1 heterocycles. The summed E-state index contributed by atoms with van der Waals surface area (Å²) in [5, 5.41) is 8.93. The van der Waals surface area contributed by atoms with Gasteiger partial charge in [-0.25, -0.2) is 14.2 Å². The van der Waals surface area contributed by atoms with Crippen LogP contribution in [0.15, 0.2) is 30.3 Å². The molecule has 1 aromatic heterocycles. The van der Waals surface area contributed by atoms with Gasteiger partial charge >= 0.3 is 5.97 Å². The van der Waals surface area contributed by atoms with Crippen LogP contribution in [0.4, 0.5) is 4.39 Å². The van der Waals surface area contributed by atoms with Gasteiger partial charge in [-0.3, -0.25) is 0 Å². The lowest BCUT2D eigenvalue weighted by molar-refractivity contribution is 0.0471. The highest BCUT2D eigenvalue weighted by molar-refractivity contribution is 6.30. The fourth-order valence-electron chi connectivity index (χ4n) is 1.67. The molecule has 6 heteroatoms. The van der Waals surface area contributed by atoms with Crippen LogP contribution in [0.3, 0.4) is 0 Å². The topological polar surface area (TPSA) is 63.0 Å². The van der Waals surface area contributed by atoms with Gasteiger partial charge < -0.3 is 4.74 Å². The van der Waals surface area contributed by atoms with Crippen molar-refractivity contribution in [1.82, 2.24) is 4.98 Å². The highest BCUT2D eigenvalue weighted by Gasteiger charge is 2.15. The van der Waals surface area contributed by atoms with E-state index in [-0.39, 0.29) is 28.7 Å². The first-order chi connectivity index (χ1) is 10.0. The Morgan fingerprint density at radius 3 is 2.71 bits per heavy atom. The van der Waals surface area contributed by atoms with Crippen LogP contribution < -0.4 is 0 Å². The number of hydrogen-bond acceptors (Lipinski definition) is 4. The lowest BCUT2D eigenvalue weighted by Gasteiger charge is -2.08. The fourth-order valence-corrected chi connectivity index (χ4v) is 1.89. The van der Waals surface area contributed by atoms with Crippen molar-refractivity contribution >= 4 is 17.6 Å². The van der Waals surface area contributed by atoms with E-state index in [9.17, 15) is 9.18 Å². The largest absolute Gasteiger partial charge is 0.457 e. The number of nitrogens with zero attached hydrogens (tertiary/aromatic N) is 2. The van der Waals surface area contributed by atoms with Gasteiger partial charge in [0.25, 0.3) is 0 Å². The lowest BCUT2D eigenvalue weighted by Crippen LogP contribution is -2.09. The highest BCUT2D eigenvalue weighted by atomic mass is 35.5. The van der Waals surface area contributed by atoms with Gasteiger partial charge in [0.2, 0.25) is 0 Å². The smallest absolute Gasteiger partial charge is 0.340 e. The summed E-state index contributed by atoms with van der Waals surface area (Å²) >= 11 is 5.77. The van der Waals surface area contributed by atoms with Gasteiger partial charge in [-0.1, -0.05) is 23.7 Å². The van der Waals surface area contributed by atoms with E-state index < -0.39 is 5.97 Å². The van der Waals surface area contributed by atoms with Crippen LogP contribution in [0.25, 0.3) is 0 Å². The molecule has 0 bridgehead atoms. The van der Waals surface area contributed by atoms with Gasteiger partial charge in [-0.15, -0.1) is 0 Å². The number of ether oxygens (including phenoxy) is 1. The van der Waals surface area contributed by atoms with Crippen molar-refractivity contribution in [3.05, 3.63) is 63.7 Å². The Kier molecular flexibility index (Phi) is 4.51. The first kappa shape index (κ1) is 14.9. The molecule has 106 valence electrons. The molecule has 0 aliphatic carbocycles. The maximum Gasteiger partial charge on any atom is 0.340 e. The maximum absolute atomic E-state index is 12.8. The Balaban J connectivity index is 2.14. The molecule has 0 N–H and O–H groups in total. The highest BCUT2D eigenvalue weighted by Crippen LogP contribution is 2.18. The van der Waals surface area contributed by atoms with Gasteiger partial charge in [0.1, 0.15) is 23.6 Å². The van der Waals surface area contributed by atoms with Crippen LogP contribution >= 0.6 is 11.6 Å². The molecule has 4 nitrogen and oxygen atoms in total. The van der Waals surface area contributed by atoms with Crippen molar-refractivity contribution in [3.63, 3.8) is 0 Å². The minimum atomic E-state index is -0.613. The zero-order chi connectivity index (χ0) is 15.4. The molecule has 0 unspecified atom stereocenters. The predicted octanol–water partition coefficient (Wildman–Crippen LogP) is 3.41. The molecule has 0 amide bonds. The molecule has 0 aliphatic heterocycles. The second-order valence-corrected chi connectivity index (χ2v) is 4.63. The first-order valence-corrected chi connectivity index (χ1v) is 6.38. The number of halogens is 2. The van der Waals surface area contributed by atoms with Crippen molar-refractivity contribution in [3.8, 4) is 6.07 Å². The number of benzene rings is 1. The zero-order valence-corrected chi connectivity index (χ0v) is 11.8. The minimum absolute atomic E-state index is 0.00304. The Morgan fingerprint density at radius 2 is 2.10 bits per heavy atom. The molecular formula is C15H10ClFN2O2. The summed E-state index contributed by atoms with van der Waals surface area (Å²) in [4.78, 5) is 15.9. The van der Waals surface area contributed by atoms with Crippen LogP contribution in [0, 0.1) is 24.1 Å². The Bertz CT molecular complexity index is 724. The summed E-state index contributed by atoms with van der Waals surface area (Å²) in [5.74, 6) is -0.973. The summed E-state index contributed by atoms with van der Waals surface area (Å²) in [6, 6.07) is 8.81. The monoisotopic (exact) mass is 304 g/mol. The van der Waals surface area contributed by atoms with E-state index in [0.29, 0.717) is 11.3 Å². The van der Waals surface area contributed by atoms with Gasteiger partial charge in [-0.05, 0) is 30.7 Å². The number of carbonyl (C=O) groups is 1. The second kappa shape index (κ2) is 6.33. The van der Waals surface area contributed by atoms with Crippen molar-refractivity contribution in [1.29, 1.82) is 5.26 Å². The third kappa shape index (κ3) is 3.56. The maximum atomic E-state index is 12.8. The van der Waals surface area contributed by atoms with Crippen LogP contribution in [-0.4, -0.2) is 11.0 Å². The van der Waals surface area contributed by atoms with Gasteiger partial charge in [0.15, 0.2) is 0 Å². The van der Waals surface area contributed by atoms with E-state index in [4.69, 9.17) is 21.6 Å². The molecule has 1 aromatic carbocycles. The van der Waals surface area contributed by atoms with Gasteiger partial charge in [0.05, 0.1) is 16.8 Å². The second-order valence-electron chi connectivity index (χ2n) is 4.27. The summed E-state index contributed by atoms with van der Waals surface area (Å²) < 4.78 is 17.9. The first-order valence-electron chi connectivity index (χ1n) is 6.00. The normalized spacial score (nSPS) is 10.0. The van der Waals surface area contributed by atoms with Crippen molar-refractivity contribution < 1.29 is 13.9 Å². The summed E-state index contributed by atoms with van der Waals surface area (Å²) in [5.41, 5.74) is 1.32. The molecule has 0 saturated carbocycles. The minimum Gasteiger partial charge on any atom is -0.457 e. The average Bonchev–Trinajstić information content (AvgIpc) is 2.46. The van der Waals surface area contributed by atoms with E-state index in [1.54, 1.807) is 6.92 Å². The molecule has 2 aromatic rings. The molecule has 2 rings (SSSR count).